The van der Waals surface area contributed by atoms with Gasteiger partial charge < -0.3 is 14.6 Å². The number of imidazole rings is 1. The number of nitriles is 2. The summed E-state index contributed by atoms with van der Waals surface area (Å²) in [5.41, 5.74) is 1.29. The van der Waals surface area contributed by atoms with Crippen LogP contribution in [0, 0.1) is 22.7 Å². The Hall–Kier alpha value is -3.39. The van der Waals surface area contributed by atoms with Crippen molar-refractivity contribution in [2.75, 3.05) is 18.0 Å². The molecule has 0 spiro atoms. The van der Waals surface area contributed by atoms with Crippen molar-refractivity contribution in [2.24, 2.45) is 17.3 Å². The molecule has 2 aromatic rings. The van der Waals surface area contributed by atoms with Crippen molar-refractivity contribution in [1.82, 2.24) is 9.55 Å². The maximum absolute atomic E-state index is 10.1. The monoisotopic (exact) mass is 323 g/mol. The smallest absolute Gasteiger partial charge is 0.251 e. The predicted octanol–water partition coefficient (Wildman–Crippen LogP) is 3.13. The number of aromatic nitrogens is 2. The first-order valence-corrected chi connectivity index (χ1v) is 7.42. The standard InChI is InChI=1S/C16H17N7O/c1-4-23(5-2)11-6-7-12(15(24)8-11)20-21-16-19-13(9-17)14(10-18)22(16)3/h6-8,24H,4-5H2,1-3H3. The van der Waals surface area contributed by atoms with Gasteiger partial charge in [0.2, 0.25) is 0 Å². The van der Waals surface area contributed by atoms with Gasteiger partial charge in [-0.2, -0.15) is 15.5 Å². The predicted molar refractivity (Wildman–Crippen MR) is 88.5 cm³/mol. The summed E-state index contributed by atoms with van der Waals surface area (Å²) >= 11 is 0. The summed E-state index contributed by atoms with van der Waals surface area (Å²) in [6, 6.07) is 8.87. The summed E-state index contributed by atoms with van der Waals surface area (Å²) in [4.78, 5) is 6.04. The van der Waals surface area contributed by atoms with Crippen molar-refractivity contribution >= 4 is 17.3 Å². The van der Waals surface area contributed by atoms with Crippen LogP contribution in [0.15, 0.2) is 28.4 Å². The molecule has 0 aliphatic heterocycles. The Morgan fingerprint density at radius 2 is 1.92 bits per heavy atom. The first-order chi connectivity index (χ1) is 11.5. The van der Waals surface area contributed by atoms with Crippen molar-refractivity contribution < 1.29 is 5.11 Å². The lowest BCUT2D eigenvalue weighted by Crippen LogP contribution is -2.21. The fraction of sp³-hybridized carbons (Fsp3) is 0.312. The van der Waals surface area contributed by atoms with Gasteiger partial charge in [-0.05, 0) is 26.0 Å². The number of anilines is 1. The molecule has 1 aromatic carbocycles. The van der Waals surface area contributed by atoms with Crippen LogP contribution in [0.2, 0.25) is 0 Å². The van der Waals surface area contributed by atoms with Gasteiger partial charge >= 0.3 is 0 Å². The van der Waals surface area contributed by atoms with Crippen LogP contribution in [0.1, 0.15) is 25.2 Å². The van der Waals surface area contributed by atoms with Crippen LogP contribution in [0.3, 0.4) is 0 Å². The minimum Gasteiger partial charge on any atom is -0.506 e. The van der Waals surface area contributed by atoms with Crippen molar-refractivity contribution in [1.29, 1.82) is 10.5 Å². The number of benzene rings is 1. The van der Waals surface area contributed by atoms with E-state index in [2.05, 4.69) is 20.1 Å². The minimum atomic E-state index is -0.00458. The normalized spacial score (nSPS) is 10.5. The molecular weight excluding hydrogens is 306 g/mol. The summed E-state index contributed by atoms with van der Waals surface area (Å²) in [6.45, 7) is 5.74. The van der Waals surface area contributed by atoms with Gasteiger partial charge in [-0.15, -0.1) is 10.2 Å². The zero-order valence-corrected chi connectivity index (χ0v) is 13.7. The number of hydrogen-bond donors (Lipinski definition) is 1. The number of phenols is 1. The summed E-state index contributed by atoms with van der Waals surface area (Å²) < 4.78 is 1.38. The second kappa shape index (κ2) is 7.25. The fourth-order valence-corrected chi connectivity index (χ4v) is 2.26. The van der Waals surface area contributed by atoms with E-state index >= 15 is 0 Å². The van der Waals surface area contributed by atoms with E-state index in [4.69, 9.17) is 10.5 Å². The first-order valence-electron chi connectivity index (χ1n) is 7.42. The van der Waals surface area contributed by atoms with E-state index < -0.39 is 0 Å². The van der Waals surface area contributed by atoms with Crippen LogP contribution in [0.4, 0.5) is 17.3 Å². The molecule has 0 unspecified atom stereocenters. The molecule has 0 fully saturated rings. The third-order valence-electron chi connectivity index (χ3n) is 3.62. The van der Waals surface area contributed by atoms with Crippen LogP contribution in [0.25, 0.3) is 0 Å². The Morgan fingerprint density at radius 3 is 2.42 bits per heavy atom. The minimum absolute atomic E-state index is 0.00151. The molecule has 8 heteroatoms. The number of nitrogens with zero attached hydrogens (tertiary/aromatic N) is 7. The second-order valence-electron chi connectivity index (χ2n) is 4.94. The number of rotatable bonds is 5. The van der Waals surface area contributed by atoms with Gasteiger partial charge in [-0.1, -0.05) is 0 Å². The molecule has 0 bridgehead atoms. The van der Waals surface area contributed by atoms with E-state index in [-0.39, 0.29) is 28.8 Å². The van der Waals surface area contributed by atoms with Crippen molar-refractivity contribution in [2.45, 2.75) is 13.8 Å². The van der Waals surface area contributed by atoms with Gasteiger partial charge in [0.1, 0.15) is 23.6 Å². The van der Waals surface area contributed by atoms with E-state index in [1.807, 2.05) is 32.1 Å². The molecule has 0 aliphatic carbocycles. The molecule has 0 amide bonds. The highest BCUT2D eigenvalue weighted by atomic mass is 16.3. The molecule has 1 aromatic heterocycles. The van der Waals surface area contributed by atoms with E-state index in [9.17, 15) is 5.11 Å². The molecule has 2 rings (SSSR count). The molecule has 0 radical (unpaired) electrons. The third kappa shape index (κ3) is 3.18. The summed E-state index contributed by atoms with van der Waals surface area (Å²) in [6.07, 6.45) is 0. The summed E-state index contributed by atoms with van der Waals surface area (Å²) in [5.74, 6) is 0.119. The van der Waals surface area contributed by atoms with E-state index in [0.29, 0.717) is 0 Å². The Kier molecular flexibility index (Phi) is 5.13. The Labute approximate surface area is 139 Å². The van der Waals surface area contributed by atoms with Gasteiger partial charge in [-0.3, -0.25) is 0 Å². The number of hydrogen-bond acceptors (Lipinski definition) is 7. The van der Waals surface area contributed by atoms with Crippen LogP contribution in [0.5, 0.6) is 5.75 Å². The lowest BCUT2D eigenvalue weighted by atomic mass is 10.2. The molecule has 24 heavy (non-hydrogen) atoms. The lowest BCUT2D eigenvalue weighted by Gasteiger charge is -2.21. The van der Waals surface area contributed by atoms with Gasteiger partial charge in [0.15, 0.2) is 11.4 Å². The highest BCUT2D eigenvalue weighted by molar-refractivity contribution is 5.61. The van der Waals surface area contributed by atoms with Crippen LogP contribution < -0.4 is 4.90 Å². The second-order valence-corrected chi connectivity index (χ2v) is 4.94. The Bertz CT molecular complexity index is 851. The summed E-state index contributed by atoms with van der Waals surface area (Å²) in [5, 5.41) is 36.0. The van der Waals surface area contributed by atoms with Crippen molar-refractivity contribution in [3.8, 4) is 17.9 Å². The zero-order valence-electron chi connectivity index (χ0n) is 13.7. The van der Waals surface area contributed by atoms with E-state index in [1.54, 1.807) is 19.2 Å². The SMILES string of the molecule is CCN(CC)c1ccc(N=Nc2nc(C#N)c(C#N)n2C)c(O)c1. The molecule has 0 saturated carbocycles. The summed E-state index contributed by atoms with van der Waals surface area (Å²) in [7, 11) is 1.57. The van der Waals surface area contributed by atoms with Gasteiger partial charge in [0.05, 0.1) is 0 Å². The Morgan fingerprint density at radius 1 is 1.21 bits per heavy atom. The maximum atomic E-state index is 10.1. The molecule has 0 atom stereocenters. The average Bonchev–Trinajstić information content (AvgIpc) is 2.90. The lowest BCUT2D eigenvalue weighted by molar-refractivity contribution is 0.476. The van der Waals surface area contributed by atoms with Gasteiger partial charge in [-0.25, -0.2) is 0 Å². The zero-order chi connectivity index (χ0) is 17.7. The molecule has 1 heterocycles. The largest absolute Gasteiger partial charge is 0.506 e. The first kappa shape index (κ1) is 17.0. The number of aromatic hydroxyl groups is 1. The highest BCUT2D eigenvalue weighted by Gasteiger charge is 2.14. The van der Waals surface area contributed by atoms with E-state index in [0.717, 1.165) is 18.8 Å². The van der Waals surface area contributed by atoms with Gasteiger partial charge in [0.25, 0.3) is 5.95 Å². The van der Waals surface area contributed by atoms with E-state index in [1.165, 1.54) is 4.57 Å². The van der Waals surface area contributed by atoms with Crippen LogP contribution >= 0.6 is 0 Å². The number of phenolic OH excluding ortho intramolecular Hbond substituents is 1. The topological polar surface area (TPSA) is 114 Å². The maximum Gasteiger partial charge on any atom is 0.251 e. The van der Waals surface area contributed by atoms with Crippen LogP contribution in [-0.4, -0.2) is 27.7 Å². The molecule has 0 saturated heterocycles. The molecule has 1 N–H and O–H groups in total. The van der Waals surface area contributed by atoms with Gasteiger partial charge in [0, 0.05) is 31.9 Å². The quantitative estimate of drug-likeness (QED) is 0.849. The van der Waals surface area contributed by atoms with Crippen molar-refractivity contribution in [3.63, 3.8) is 0 Å². The molecule has 8 nitrogen and oxygen atoms in total. The molecule has 0 aliphatic rings. The number of azo groups is 1. The molecule has 122 valence electrons. The van der Waals surface area contributed by atoms with Crippen LogP contribution in [-0.2, 0) is 7.05 Å². The fourth-order valence-electron chi connectivity index (χ4n) is 2.26. The highest BCUT2D eigenvalue weighted by Crippen LogP contribution is 2.32. The Balaban J connectivity index is 2.32. The van der Waals surface area contributed by atoms with Crippen molar-refractivity contribution in [3.05, 3.63) is 29.6 Å². The third-order valence-corrected chi connectivity index (χ3v) is 3.62. The average molecular weight is 323 g/mol. The molecular formula is C16H17N7O.